The zero-order chi connectivity index (χ0) is 20.4. The molecule has 0 bridgehead atoms. The average molecular weight is 499 g/mol. The molecule has 4 aromatic rings. The van der Waals surface area contributed by atoms with Crippen LogP contribution in [0.3, 0.4) is 0 Å². The van der Waals surface area contributed by atoms with Gasteiger partial charge >= 0.3 is 5.63 Å². The van der Waals surface area contributed by atoms with Gasteiger partial charge in [-0.3, -0.25) is 4.79 Å². The Bertz CT molecular complexity index is 1230. The van der Waals surface area contributed by atoms with Gasteiger partial charge in [0.2, 0.25) is 0 Å². The standard InChI is InChI=1S/C23H15FINO3/c24-17-7-5-15(6-8-17)14-26(19-11-9-18(25)10-12-19)22(27)20-13-16-3-1-2-4-21(16)29-23(20)28/h1-13H,14H2. The summed E-state index contributed by atoms with van der Waals surface area (Å²) in [5.74, 6) is -0.828. The molecule has 3 aromatic carbocycles. The van der Waals surface area contributed by atoms with Crippen LogP contribution in [-0.2, 0) is 6.54 Å². The third-order valence-electron chi connectivity index (χ3n) is 4.51. The third-order valence-corrected chi connectivity index (χ3v) is 5.23. The first-order chi connectivity index (χ1) is 14.0. The van der Waals surface area contributed by atoms with E-state index in [1.165, 1.54) is 17.0 Å². The largest absolute Gasteiger partial charge is 0.422 e. The summed E-state index contributed by atoms with van der Waals surface area (Å²) in [6.07, 6.45) is 0. The molecule has 0 N–H and O–H groups in total. The number of para-hydroxylation sites is 1. The zero-order valence-electron chi connectivity index (χ0n) is 15.1. The number of rotatable bonds is 4. The lowest BCUT2D eigenvalue weighted by Crippen LogP contribution is -2.33. The van der Waals surface area contributed by atoms with Gasteiger partial charge in [0.05, 0.1) is 6.54 Å². The first-order valence-corrected chi connectivity index (χ1v) is 9.94. The van der Waals surface area contributed by atoms with E-state index in [4.69, 9.17) is 4.42 Å². The Morgan fingerprint density at radius 1 is 0.966 bits per heavy atom. The number of fused-ring (bicyclic) bond motifs is 1. The summed E-state index contributed by atoms with van der Waals surface area (Å²) < 4.78 is 19.6. The molecule has 0 spiro atoms. The quantitative estimate of drug-likeness (QED) is 0.280. The first kappa shape index (κ1) is 19.3. The van der Waals surface area contributed by atoms with Crippen molar-refractivity contribution < 1.29 is 13.6 Å². The van der Waals surface area contributed by atoms with Gasteiger partial charge in [-0.1, -0.05) is 30.3 Å². The average Bonchev–Trinajstić information content (AvgIpc) is 2.73. The predicted molar refractivity (Wildman–Crippen MR) is 119 cm³/mol. The fourth-order valence-corrected chi connectivity index (χ4v) is 3.39. The number of amides is 1. The fraction of sp³-hybridized carbons (Fsp3) is 0.0435. The first-order valence-electron chi connectivity index (χ1n) is 8.86. The highest BCUT2D eigenvalue weighted by molar-refractivity contribution is 14.1. The Morgan fingerprint density at radius 3 is 2.38 bits per heavy atom. The summed E-state index contributed by atoms with van der Waals surface area (Å²) in [6.45, 7) is 0.186. The van der Waals surface area contributed by atoms with Crippen molar-refractivity contribution in [3.63, 3.8) is 0 Å². The molecule has 144 valence electrons. The molecule has 0 aliphatic carbocycles. The van der Waals surface area contributed by atoms with Crippen LogP contribution in [-0.4, -0.2) is 5.91 Å². The monoisotopic (exact) mass is 499 g/mol. The van der Waals surface area contributed by atoms with Crippen LogP contribution in [0.15, 0.2) is 88.1 Å². The lowest BCUT2D eigenvalue weighted by atomic mass is 10.1. The summed E-state index contributed by atoms with van der Waals surface area (Å²) in [6, 6.07) is 21.9. The van der Waals surface area contributed by atoms with Gasteiger partial charge in [0, 0.05) is 14.6 Å². The van der Waals surface area contributed by atoms with E-state index in [1.54, 1.807) is 36.4 Å². The van der Waals surface area contributed by atoms with Gasteiger partial charge in [-0.2, -0.15) is 0 Å². The van der Waals surface area contributed by atoms with E-state index in [-0.39, 0.29) is 17.9 Å². The SMILES string of the molecule is O=C(c1cc2ccccc2oc1=O)N(Cc1ccc(F)cc1)c1ccc(I)cc1. The molecule has 6 heteroatoms. The van der Waals surface area contributed by atoms with Crippen molar-refractivity contribution in [2.45, 2.75) is 6.54 Å². The lowest BCUT2D eigenvalue weighted by molar-refractivity contribution is 0.0981. The van der Waals surface area contributed by atoms with Crippen LogP contribution in [0.2, 0.25) is 0 Å². The summed E-state index contributed by atoms with van der Waals surface area (Å²) >= 11 is 2.18. The van der Waals surface area contributed by atoms with Crippen molar-refractivity contribution >= 4 is 45.2 Å². The second-order valence-electron chi connectivity index (χ2n) is 6.48. The number of hydrogen-bond donors (Lipinski definition) is 0. The van der Waals surface area contributed by atoms with Crippen LogP contribution < -0.4 is 10.5 Å². The van der Waals surface area contributed by atoms with Crippen LogP contribution in [0.25, 0.3) is 11.0 Å². The zero-order valence-corrected chi connectivity index (χ0v) is 17.3. The summed E-state index contributed by atoms with van der Waals surface area (Å²) in [7, 11) is 0. The molecular formula is C23H15FINO3. The Kier molecular flexibility index (Phi) is 5.44. The van der Waals surface area contributed by atoms with E-state index in [2.05, 4.69) is 22.6 Å². The van der Waals surface area contributed by atoms with Crippen molar-refractivity contribution in [2.75, 3.05) is 4.90 Å². The number of halogens is 2. The minimum absolute atomic E-state index is 0.0515. The van der Waals surface area contributed by atoms with Crippen molar-refractivity contribution in [3.8, 4) is 0 Å². The maximum absolute atomic E-state index is 13.4. The molecule has 29 heavy (non-hydrogen) atoms. The number of anilines is 1. The van der Waals surface area contributed by atoms with Crippen molar-refractivity contribution in [1.29, 1.82) is 0 Å². The molecule has 0 aliphatic heterocycles. The van der Waals surface area contributed by atoms with Gasteiger partial charge < -0.3 is 9.32 Å². The predicted octanol–water partition coefficient (Wildman–Crippen LogP) is 5.38. The van der Waals surface area contributed by atoms with Gasteiger partial charge in [-0.15, -0.1) is 0 Å². The van der Waals surface area contributed by atoms with E-state index in [0.29, 0.717) is 16.7 Å². The van der Waals surface area contributed by atoms with E-state index < -0.39 is 11.5 Å². The number of hydrogen-bond acceptors (Lipinski definition) is 3. The van der Waals surface area contributed by atoms with Crippen molar-refractivity contribution in [1.82, 2.24) is 0 Å². The van der Waals surface area contributed by atoms with E-state index in [1.807, 2.05) is 30.3 Å². The van der Waals surface area contributed by atoms with Crippen molar-refractivity contribution in [3.05, 3.63) is 110 Å². The van der Waals surface area contributed by atoms with Gasteiger partial charge in [-0.05, 0) is 76.7 Å². The highest BCUT2D eigenvalue weighted by atomic mass is 127. The molecule has 0 aliphatic rings. The van der Waals surface area contributed by atoms with Crippen molar-refractivity contribution in [2.24, 2.45) is 0 Å². The molecule has 4 rings (SSSR count). The molecular weight excluding hydrogens is 484 g/mol. The summed E-state index contributed by atoms with van der Waals surface area (Å²) in [4.78, 5) is 27.3. The number of benzene rings is 3. The minimum atomic E-state index is -0.691. The normalized spacial score (nSPS) is 10.8. The highest BCUT2D eigenvalue weighted by Gasteiger charge is 2.22. The maximum Gasteiger partial charge on any atom is 0.349 e. The Morgan fingerprint density at radius 2 is 1.66 bits per heavy atom. The van der Waals surface area contributed by atoms with Crippen LogP contribution >= 0.6 is 22.6 Å². The van der Waals surface area contributed by atoms with Crippen LogP contribution in [0.5, 0.6) is 0 Å². The Balaban J connectivity index is 1.78. The molecule has 0 saturated heterocycles. The Hall–Kier alpha value is -3.00. The van der Waals surface area contributed by atoms with Gasteiger partial charge in [0.15, 0.2) is 0 Å². The molecule has 0 fully saturated rings. The molecule has 0 saturated carbocycles. The number of nitrogens with zero attached hydrogens (tertiary/aromatic N) is 1. The number of carbonyl (C=O) groups is 1. The van der Waals surface area contributed by atoms with Crippen LogP contribution in [0, 0.1) is 9.39 Å². The smallest absolute Gasteiger partial charge is 0.349 e. The fourth-order valence-electron chi connectivity index (χ4n) is 3.03. The summed E-state index contributed by atoms with van der Waals surface area (Å²) in [5.41, 5.74) is 1.05. The number of carbonyl (C=O) groups excluding carboxylic acids is 1. The Labute approximate surface area is 179 Å². The molecule has 0 atom stereocenters. The molecule has 1 amide bonds. The maximum atomic E-state index is 13.4. The lowest BCUT2D eigenvalue weighted by Gasteiger charge is -2.23. The molecule has 0 unspecified atom stereocenters. The molecule has 1 heterocycles. The highest BCUT2D eigenvalue weighted by Crippen LogP contribution is 2.22. The van der Waals surface area contributed by atoms with Crippen LogP contribution in [0.1, 0.15) is 15.9 Å². The van der Waals surface area contributed by atoms with E-state index in [9.17, 15) is 14.0 Å². The van der Waals surface area contributed by atoms with Crippen LogP contribution in [0.4, 0.5) is 10.1 Å². The molecule has 4 nitrogen and oxygen atoms in total. The molecule has 1 aromatic heterocycles. The van der Waals surface area contributed by atoms with Gasteiger partial charge in [-0.25, -0.2) is 9.18 Å². The van der Waals surface area contributed by atoms with E-state index >= 15 is 0 Å². The second kappa shape index (κ2) is 8.16. The van der Waals surface area contributed by atoms with Gasteiger partial charge in [0.25, 0.3) is 5.91 Å². The molecule has 0 radical (unpaired) electrons. The minimum Gasteiger partial charge on any atom is -0.422 e. The third kappa shape index (κ3) is 4.22. The van der Waals surface area contributed by atoms with Gasteiger partial charge in [0.1, 0.15) is 17.0 Å². The second-order valence-corrected chi connectivity index (χ2v) is 7.73. The topological polar surface area (TPSA) is 50.5 Å². The van der Waals surface area contributed by atoms with E-state index in [0.717, 1.165) is 9.13 Å². The summed E-state index contributed by atoms with van der Waals surface area (Å²) in [5, 5.41) is 0.666.